The summed E-state index contributed by atoms with van der Waals surface area (Å²) in [5, 5.41) is 18.6. The molecule has 106 valence electrons. The van der Waals surface area contributed by atoms with Crippen LogP contribution in [0.2, 0.25) is 0 Å². The van der Waals surface area contributed by atoms with Crippen molar-refractivity contribution in [2.24, 2.45) is 10.9 Å². The molecule has 0 amide bonds. The number of hydrogen-bond acceptors (Lipinski definition) is 4. The first-order valence-corrected chi connectivity index (χ1v) is 7.43. The van der Waals surface area contributed by atoms with Gasteiger partial charge in [0.05, 0.1) is 0 Å². The van der Waals surface area contributed by atoms with Gasteiger partial charge in [-0.3, -0.25) is 0 Å². The summed E-state index contributed by atoms with van der Waals surface area (Å²) < 4.78 is 1.28. The fourth-order valence-electron chi connectivity index (χ4n) is 2.25. The highest BCUT2D eigenvalue weighted by atomic mass is 32.1. The molecule has 3 rings (SSSR count). The highest BCUT2D eigenvalue weighted by Crippen LogP contribution is 2.24. The normalized spacial score (nSPS) is 11.7. The average molecular weight is 297 g/mol. The second-order valence-corrected chi connectivity index (χ2v) is 5.62. The Morgan fingerprint density at radius 2 is 2.05 bits per heavy atom. The molecule has 0 spiro atoms. The summed E-state index contributed by atoms with van der Waals surface area (Å²) in [4.78, 5) is 0. The van der Waals surface area contributed by atoms with Crippen LogP contribution < -0.4 is 11.1 Å². The maximum atomic E-state index is 8.84. The van der Waals surface area contributed by atoms with Gasteiger partial charge in [0.25, 0.3) is 0 Å². The maximum Gasteiger partial charge on any atom is 0.170 e. The van der Waals surface area contributed by atoms with E-state index in [0.717, 1.165) is 16.8 Å². The highest BCUT2D eigenvalue weighted by molar-refractivity contribution is 7.17. The second-order valence-electron chi connectivity index (χ2n) is 4.67. The molecule has 0 aliphatic heterocycles. The fourth-order valence-corrected chi connectivity index (χ4v) is 3.02. The van der Waals surface area contributed by atoms with Gasteiger partial charge >= 0.3 is 0 Å². The molecule has 0 saturated heterocycles. The number of benzene rings is 2. The number of oxime groups is 1. The van der Waals surface area contributed by atoms with Gasteiger partial charge < -0.3 is 16.3 Å². The molecule has 1 heterocycles. The van der Waals surface area contributed by atoms with Crippen molar-refractivity contribution in [2.75, 3.05) is 5.32 Å². The number of hydrogen-bond donors (Lipinski definition) is 3. The Labute approximate surface area is 126 Å². The lowest BCUT2D eigenvalue weighted by molar-refractivity contribution is 0.318. The van der Waals surface area contributed by atoms with Crippen molar-refractivity contribution >= 4 is 32.9 Å². The molecule has 3 aromatic rings. The van der Waals surface area contributed by atoms with Crippen LogP contribution in [0.1, 0.15) is 11.1 Å². The molecule has 4 N–H and O–H groups in total. The van der Waals surface area contributed by atoms with Gasteiger partial charge in [-0.05, 0) is 40.6 Å². The van der Waals surface area contributed by atoms with Crippen LogP contribution in [-0.2, 0) is 6.54 Å². The van der Waals surface area contributed by atoms with E-state index in [2.05, 4.69) is 40.1 Å². The molecule has 0 saturated carbocycles. The number of anilines is 1. The standard InChI is InChI=1S/C16H15N3OS/c17-16(19-20)14-4-2-1-3-12(14)10-18-13-5-6-15-11(9-13)7-8-21-15/h1-9,18,20H,10H2,(H2,17,19). The lowest BCUT2D eigenvalue weighted by Crippen LogP contribution is -2.16. The Morgan fingerprint density at radius 3 is 2.90 bits per heavy atom. The summed E-state index contributed by atoms with van der Waals surface area (Å²) in [5.74, 6) is 0.126. The van der Waals surface area contributed by atoms with Crippen LogP contribution in [0.25, 0.3) is 10.1 Å². The van der Waals surface area contributed by atoms with Gasteiger partial charge in [-0.1, -0.05) is 29.4 Å². The molecular formula is C16H15N3OS. The Morgan fingerprint density at radius 1 is 1.19 bits per heavy atom. The maximum absolute atomic E-state index is 8.84. The van der Waals surface area contributed by atoms with E-state index in [-0.39, 0.29) is 5.84 Å². The van der Waals surface area contributed by atoms with E-state index >= 15 is 0 Å². The van der Waals surface area contributed by atoms with Crippen LogP contribution in [0.15, 0.2) is 59.1 Å². The topological polar surface area (TPSA) is 70.6 Å². The number of nitrogens with two attached hydrogens (primary N) is 1. The number of nitrogens with zero attached hydrogens (tertiary/aromatic N) is 1. The van der Waals surface area contributed by atoms with Crippen molar-refractivity contribution in [1.82, 2.24) is 0 Å². The molecule has 0 atom stereocenters. The van der Waals surface area contributed by atoms with E-state index in [1.54, 1.807) is 11.3 Å². The van der Waals surface area contributed by atoms with E-state index in [9.17, 15) is 0 Å². The first-order chi connectivity index (χ1) is 10.3. The van der Waals surface area contributed by atoms with Crippen molar-refractivity contribution in [3.05, 3.63) is 65.0 Å². The summed E-state index contributed by atoms with van der Waals surface area (Å²) in [6.07, 6.45) is 0. The summed E-state index contributed by atoms with van der Waals surface area (Å²) >= 11 is 1.73. The Kier molecular flexibility index (Phi) is 3.75. The van der Waals surface area contributed by atoms with Crippen LogP contribution in [-0.4, -0.2) is 11.0 Å². The second kappa shape index (κ2) is 5.85. The smallest absolute Gasteiger partial charge is 0.170 e. The van der Waals surface area contributed by atoms with Gasteiger partial charge in [0, 0.05) is 22.5 Å². The molecule has 4 nitrogen and oxygen atoms in total. The van der Waals surface area contributed by atoms with Gasteiger partial charge in [0.1, 0.15) is 0 Å². The van der Waals surface area contributed by atoms with E-state index in [0.29, 0.717) is 6.54 Å². The van der Waals surface area contributed by atoms with Crippen LogP contribution in [0.4, 0.5) is 5.69 Å². The SMILES string of the molecule is NC(=NO)c1ccccc1CNc1ccc2sccc2c1. The Hall–Kier alpha value is -2.53. The van der Waals surface area contributed by atoms with E-state index in [1.165, 1.54) is 10.1 Å². The minimum Gasteiger partial charge on any atom is -0.409 e. The Bertz CT molecular complexity index is 795. The van der Waals surface area contributed by atoms with Crippen molar-refractivity contribution in [3.8, 4) is 0 Å². The lowest BCUT2D eigenvalue weighted by Gasteiger charge is -2.10. The molecular weight excluding hydrogens is 282 g/mol. The molecule has 0 aliphatic carbocycles. The van der Waals surface area contributed by atoms with Crippen LogP contribution in [0.3, 0.4) is 0 Å². The van der Waals surface area contributed by atoms with E-state index in [4.69, 9.17) is 10.9 Å². The summed E-state index contributed by atoms with van der Waals surface area (Å²) in [5.41, 5.74) is 8.47. The number of fused-ring (bicyclic) bond motifs is 1. The van der Waals surface area contributed by atoms with Crippen LogP contribution in [0, 0.1) is 0 Å². The van der Waals surface area contributed by atoms with Crippen molar-refractivity contribution in [1.29, 1.82) is 0 Å². The number of rotatable bonds is 4. The molecule has 1 aromatic heterocycles. The van der Waals surface area contributed by atoms with Crippen molar-refractivity contribution in [3.63, 3.8) is 0 Å². The first-order valence-electron chi connectivity index (χ1n) is 6.55. The molecule has 21 heavy (non-hydrogen) atoms. The first kappa shape index (κ1) is 13.5. The zero-order chi connectivity index (χ0) is 14.7. The average Bonchev–Trinajstić information content (AvgIpc) is 3.00. The highest BCUT2D eigenvalue weighted by Gasteiger charge is 2.06. The summed E-state index contributed by atoms with van der Waals surface area (Å²) in [6.45, 7) is 0.613. The predicted octanol–water partition coefficient (Wildman–Crippen LogP) is 3.61. The molecule has 0 radical (unpaired) electrons. The molecule has 0 bridgehead atoms. The molecule has 5 heteroatoms. The van der Waals surface area contributed by atoms with Gasteiger partial charge in [-0.15, -0.1) is 11.3 Å². The molecule has 0 unspecified atom stereocenters. The Balaban J connectivity index is 1.81. The summed E-state index contributed by atoms with van der Waals surface area (Å²) in [6, 6.07) is 16.0. The largest absolute Gasteiger partial charge is 0.409 e. The van der Waals surface area contributed by atoms with Crippen molar-refractivity contribution in [2.45, 2.75) is 6.54 Å². The zero-order valence-electron chi connectivity index (χ0n) is 11.3. The minimum atomic E-state index is 0.126. The van der Waals surface area contributed by atoms with Gasteiger partial charge in [0.15, 0.2) is 5.84 Å². The summed E-state index contributed by atoms with van der Waals surface area (Å²) in [7, 11) is 0. The third-order valence-corrected chi connectivity index (χ3v) is 4.23. The fraction of sp³-hybridized carbons (Fsp3) is 0.0625. The van der Waals surface area contributed by atoms with Crippen LogP contribution >= 0.6 is 11.3 Å². The quantitative estimate of drug-likeness (QED) is 0.298. The van der Waals surface area contributed by atoms with Gasteiger partial charge in [-0.25, -0.2) is 0 Å². The molecule has 0 fully saturated rings. The minimum absolute atomic E-state index is 0.126. The molecule has 2 aromatic carbocycles. The monoisotopic (exact) mass is 297 g/mol. The number of thiophene rings is 1. The molecule has 0 aliphatic rings. The van der Waals surface area contributed by atoms with E-state index in [1.807, 2.05) is 24.3 Å². The third kappa shape index (κ3) is 2.83. The lowest BCUT2D eigenvalue weighted by atomic mass is 10.1. The van der Waals surface area contributed by atoms with Gasteiger partial charge in [-0.2, -0.15) is 0 Å². The van der Waals surface area contributed by atoms with E-state index < -0.39 is 0 Å². The van der Waals surface area contributed by atoms with Crippen LogP contribution in [0.5, 0.6) is 0 Å². The zero-order valence-corrected chi connectivity index (χ0v) is 12.1. The number of amidine groups is 1. The van der Waals surface area contributed by atoms with Gasteiger partial charge in [0.2, 0.25) is 0 Å². The number of nitrogens with one attached hydrogen (secondary N) is 1. The van der Waals surface area contributed by atoms with Crippen molar-refractivity contribution < 1.29 is 5.21 Å². The third-order valence-electron chi connectivity index (χ3n) is 3.34. The predicted molar refractivity (Wildman–Crippen MR) is 88.1 cm³/mol.